The number of benzene rings is 3. The van der Waals surface area contributed by atoms with Crippen molar-refractivity contribution in [3.05, 3.63) is 114 Å². The first-order valence-corrected chi connectivity index (χ1v) is 18.4. The van der Waals surface area contributed by atoms with Crippen LogP contribution in [0.5, 0.6) is 5.75 Å². The predicted octanol–water partition coefficient (Wildman–Crippen LogP) is 5.22. The molecule has 3 aromatic carbocycles. The van der Waals surface area contributed by atoms with Crippen LogP contribution in [0.3, 0.4) is 0 Å². The number of carbonyl (C=O) groups is 1. The molecular weight excluding hydrogens is 670 g/mol. The van der Waals surface area contributed by atoms with Crippen molar-refractivity contribution in [3.63, 3.8) is 0 Å². The number of imidazole rings is 1. The zero-order valence-electron chi connectivity index (χ0n) is 30.1. The Hall–Kier alpha value is -5.53. The molecule has 8 rings (SSSR count). The molecule has 0 aliphatic carbocycles. The fraction of sp³-hybridized carbons (Fsp3) is 0.375. The van der Waals surface area contributed by atoms with E-state index in [4.69, 9.17) is 18.9 Å². The van der Waals surface area contributed by atoms with E-state index in [-0.39, 0.29) is 11.3 Å². The van der Waals surface area contributed by atoms with Crippen LogP contribution < -0.4 is 9.64 Å². The van der Waals surface area contributed by atoms with Gasteiger partial charge in [0.15, 0.2) is 0 Å². The summed E-state index contributed by atoms with van der Waals surface area (Å²) in [5.74, 6) is 2.31. The Morgan fingerprint density at radius 3 is 2.64 bits per heavy atom. The molecule has 53 heavy (non-hydrogen) atoms. The molecule has 0 saturated carbocycles. The molecular formula is C40H45N9O4. The van der Waals surface area contributed by atoms with Crippen molar-refractivity contribution in [3.8, 4) is 11.4 Å². The topological polar surface area (TPSA) is 120 Å². The number of methoxy groups -OCH3 is 1. The predicted molar refractivity (Wildman–Crippen MR) is 200 cm³/mol. The van der Waals surface area contributed by atoms with E-state index in [9.17, 15) is 4.79 Å². The quantitative estimate of drug-likeness (QED) is 0.147. The Morgan fingerprint density at radius 2 is 1.81 bits per heavy atom. The third kappa shape index (κ3) is 7.40. The lowest BCUT2D eigenvalue weighted by molar-refractivity contribution is 0.0777. The first-order valence-electron chi connectivity index (χ1n) is 18.4. The second kappa shape index (κ2) is 15.6. The van der Waals surface area contributed by atoms with Crippen molar-refractivity contribution in [1.82, 2.24) is 39.6 Å². The average molecular weight is 716 g/mol. The molecule has 13 heteroatoms. The average Bonchev–Trinajstić information content (AvgIpc) is 4.03. The molecule has 274 valence electrons. The first-order chi connectivity index (χ1) is 26.1. The third-order valence-electron chi connectivity index (χ3n) is 10.8. The largest absolute Gasteiger partial charge is 0.496 e. The highest BCUT2D eigenvalue weighted by molar-refractivity contribution is 5.98. The number of fused-ring (bicyclic) bond motifs is 1. The van der Waals surface area contributed by atoms with Crippen LogP contribution >= 0.6 is 0 Å². The number of para-hydroxylation sites is 2. The summed E-state index contributed by atoms with van der Waals surface area (Å²) in [7, 11) is 1.59. The van der Waals surface area contributed by atoms with Crippen LogP contribution in [0.25, 0.3) is 16.7 Å². The van der Waals surface area contributed by atoms with Crippen molar-refractivity contribution < 1.29 is 18.7 Å². The van der Waals surface area contributed by atoms with Gasteiger partial charge in [-0.3, -0.25) is 4.79 Å². The molecule has 0 bridgehead atoms. The molecule has 0 radical (unpaired) electrons. The molecule has 6 aromatic rings. The second-order valence-electron chi connectivity index (χ2n) is 13.9. The van der Waals surface area contributed by atoms with E-state index in [2.05, 4.69) is 78.4 Å². The molecule has 1 unspecified atom stereocenters. The summed E-state index contributed by atoms with van der Waals surface area (Å²) < 4.78 is 20.9. The molecule has 2 fully saturated rings. The van der Waals surface area contributed by atoms with E-state index in [0.717, 1.165) is 74.7 Å². The summed E-state index contributed by atoms with van der Waals surface area (Å²) in [5, 5.41) is 11.5. The van der Waals surface area contributed by atoms with E-state index in [1.54, 1.807) is 24.1 Å². The van der Waals surface area contributed by atoms with Gasteiger partial charge in [-0.15, -0.1) is 5.10 Å². The molecule has 0 spiro atoms. The van der Waals surface area contributed by atoms with E-state index in [1.807, 2.05) is 35.2 Å². The summed E-state index contributed by atoms with van der Waals surface area (Å²) in [6, 6.07) is 28.3. The van der Waals surface area contributed by atoms with E-state index < -0.39 is 0 Å². The summed E-state index contributed by atoms with van der Waals surface area (Å²) in [4.78, 5) is 26.3. The van der Waals surface area contributed by atoms with Crippen LogP contribution in [0.2, 0.25) is 0 Å². The number of hydrogen-bond donors (Lipinski definition) is 0. The van der Waals surface area contributed by atoms with Gasteiger partial charge in [0.2, 0.25) is 5.95 Å². The van der Waals surface area contributed by atoms with E-state index in [1.165, 1.54) is 11.9 Å². The maximum Gasteiger partial charge on any atom is 0.257 e. The number of furan rings is 1. The Labute approximate surface area is 308 Å². The Morgan fingerprint density at radius 1 is 0.925 bits per heavy atom. The van der Waals surface area contributed by atoms with Crippen LogP contribution in [0, 0.1) is 0 Å². The fourth-order valence-electron chi connectivity index (χ4n) is 7.89. The molecule has 1 atom stereocenters. The van der Waals surface area contributed by atoms with Crippen LogP contribution in [-0.4, -0.2) is 105 Å². The lowest BCUT2D eigenvalue weighted by Crippen LogP contribution is -2.39. The number of amides is 1. The molecule has 2 aliphatic rings. The third-order valence-corrected chi connectivity index (χ3v) is 10.8. The van der Waals surface area contributed by atoms with Gasteiger partial charge in [0, 0.05) is 44.7 Å². The number of ether oxygens (including phenoxy) is 2. The normalized spacial score (nSPS) is 18.1. The lowest BCUT2D eigenvalue weighted by atomic mass is 9.76. The molecule has 1 amide bonds. The minimum absolute atomic E-state index is 0.0470. The Bertz CT molecular complexity index is 2100. The van der Waals surface area contributed by atoms with Gasteiger partial charge in [0.05, 0.1) is 42.3 Å². The summed E-state index contributed by atoms with van der Waals surface area (Å²) in [6.45, 7) is 7.74. The van der Waals surface area contributed by atoms with Gasteiger partial charge in [-0.1, -0.05) is 42.5 Å². The lowest BCUT2D eigenvalue weighted by Gasteiger charge is -2.33. The van der Waals surface area contributed by atoms with Gasteiger partial charge in [0.1, 0.15) is 24.4 Å². The van der Waals surface area contributed by atoms with E-state index >= 15 is 0 Å². The highest BCUT2D eigenvalue weighted by Gasteiger charge is 2.42. The second-order valence-corrected chi connectivity index (χ2v) is 13.9. The number of likely N-dealkylation sites (tertiary alicyclic amines) is 1. The van der Waals surface area contributed by atoms with Crippen molar-refractivity contribution in [2.75, 3.05) is 64.4 Å². The molecule has 0 N–H and O–H groups in total. The van der Waals surface area contributed by atoms with Crippen LogP contribution in [-0.2, 0) is 23.3 Å². The van der Waals surface area contributed by atoms with Crippen LogP contribution in [0.4, 0.5) is 5.95 Å². The van der Waals surface area contributed by atoms with Gasteiger partial charge in [-0.25, -0.2) is 9.67 Å². The number of rotatable bonds is 13. The van der Waals surface area contributed by atoms with Crippen LogP contribution in [0.1, 0.15) is 40.9 Å². The van der Waals surface area contributed by atoms with E-state index in [0.29, 0.717) is 49.8 Å². The zero-order valence-corrected chi connectivity index (χ0v) is 30.1. The molecule has 2 saturated heterocycles. The maximum atomic E-state index is 14.2. The number of aromatic nitrogens is 6. The Kier molecular flexibility index (Phi) is 10.2. The van der Waals surface area contributed by atoms with Crippen molar-refractivity contribution in [1.29, 1.82) is 0 Å². The Balaban J connectivity index is 0.951. The van der Waals surface area contributed by atoms with Crippen molar-refractivity contribution in [2.45, 2.75) is 37.8 Å². The van der Waals surface area contributed by atoms with Gasteiger partial charge < -0.3 is 33.2 Å². The number of tetrazole rings is 1. The number of nitrogens with zero attached hydrogens (tertiary/aromatic N) is 9. The van der Waals surface area contributed by atoms with Crippen molar-refractivity contribution in [2.24, 2.45) is 0 Å². The summed E-state index contributed by atoms with van der Waals surface area (Å²) >= 11 is 0. The monoisotopic (exact) mass is 715 g/mol. The standard InChI is InChI=1S/C40H45N9O4/c1-51-37-15-14-32(49-30-41-43-44-49)27-34(37)38(50)47-21-17-40(29-47,31-9-3-2-4-10-31)16-20-45-18-8-19-46(23-22-45)39-42-35-12-5-6-13-36(35)48(39)24-26-52-28-33-11-7-25-53-33/h2-7,9-15,25,27,30H,8,16-24,26,28-29H2,1H3. The summed E-state index contributed by atoms with van der Waals surface area (Å²) in [6.07, 6.45) is 6.08. The minimum Gasteiger partial charge on any atom is -0.496 e. The molecule has 13 nitrogen and oxygen atoms in total. The first kappa shape index (κ1) is 34.6. The molecule has 3 aromatic heterocycles. The number of carbonyl (C=O) groups excluding carboxylic acids is 1. The molecule has 2 aliphatic heterocycles. The van der Waals surface area contributed by atoms with Gasteiger partial charge >= 0.3 is 0 Å². The highest BCUT2D eigenvalue weighted by Crippen LogP contribution is 2.39. The highest BCUT2D eigenvalue weighted by atomic mass is 16.5. The SMILES string of the molecule is COc1ccc(-n2cnnn2)cc1C(=O)N1CCC(CCN2CCCN(c3nc4ccccc4n3CCOCc3ccco3)CC2)(c2ccccc2)C1. The van der Waals surface area contributed by atoms with Gasteiger partial charge in [0.25, 0.3) is 5.91 Å². The molecule has 5 heterocycles. The van der Waals surface area contributed by atoms with Gasteiger partial charge in [-0.05, 0) is 90.8 Å². The smallest absolute Gasteiger partial charge is 0.257 e. The van der Waals surface area contributed by atoms with Gasteiger partial charge in [-0.2, -0.15) is 0 Å². The van der Waals surface area contributed by atoms with Crippen LogP contribution in [0.15, 0.2) is 102 Å². The zero-order chi connectivity index (χ0) is 36.0. The maximum absolute atomic E-state index is 14.2. The van der Waals surface area contributed by atoms with Crippen molar-refractivity contribution >= 4 is 22.9 Å². The number of anilines is 1. The fourth-order valence-corrected chi connectivity index (χ4v) is 7.89. The number of hydrogen-bond acceptors (Lipinski definition) is 10. The summed E-state index contributed by atoms with van der Waals surface area (Å²) in [5.41, 5.74) is 4.45. The minimum atomic E-state index is -0.160.